The van der Waals surface area contributed by atoms with Crippen LogP contribution >= 0.6 is 0 Å². The Labute approximate surface area is 92.0 Å². The van der Waals surface area contributed by atoms with Crippen LogP contribution in [0.3, 0.4) is 0 Å². The topological polar surface area (TPSA) is 99.0 Å². The monoisotopic (exact) mass is 227 g/mol. The van der Waals surface area contributed by atoms with Gasteiger partial charge < -0.3 is 10.1 Å². The van der Waals surface area contributed by atoms with Crippen molar-refractivity contribution < 1.29 is 14.3 Å². The fourth-order valence-electron chi connectivity index (χ4n) is 0.993. The second-order valence-corrected chi connectivity index (χ2v) is 2.91. The molecule has 0 spiro atoms. The summed E-state index contributed by atoms with van der Waals surface area (Å²) in [7, 11) is 0. The molecule has 1 amide bonds. The molecule has 8 nitrogen and oxygen atoms in total. The molecule has 0 bridgehead atoms. The average molecular weight is 227 g/mol. The number of tetrazole rings is 1. The minimum atomic E-state index is -0.328. The SMILES string of the molecule is CCOC(=O)CCNC(=O)Cn1cnnn1. The highest BCUT2D eigenvalue weighted by Crippen LogP contribution is 1.85. The number of ether oxygens (including phenoxy) is 1. The molecule has 0 fully saturated rings. The van der Waals surface area contributed by atoms with Gasteiger partial charge in [-0.1, -0.05) is 0 Å². The third kappa shape index (κ3) is 4.49. The number of hydrogen-bond donors (Lipinski definition) is 1. The van der Waals surface area contributed by atoms with Crippen LogP contribution in [0.5, 0.6) is 0 Å². The number of esters is 1. The van der Waals surface area contributed by atoms with Gasteiger partial charge >= 0.3 is 5.97 Å². The largest absolute Gasteiger partial charge is 0.466 e. The number of carbonyl (C=O) groups is 2. The lowest BCUT2D eigenvalue weighted by Crippen LogP contribution is -2.30. The highest BCUT2D eigenvalue weighted by atomic mass is 16.5. The van der Waals surface area contributed by atoms with E-state index in [9.17, 15) is 9.59 Å². The molecule has 0 radical (unpaired) electrons. The molecular formula is C8H13N5O3. The second kappa shape index (κ2) is 6.49. The molecule has 0 aliphatic carbocycles. The maximum absolute atomic E-state index is 11.3. The number of hydrogen-bond acceptors (Lipinski definition) is 6. The Kier molecular flexibility index (Phi) is 4.90. The smallest absolute Gasteiger partial charge is 0.307 e. The molecular weight excluding hydrogens is 214 g/mol. The molecule has 0 unspecified atom stereocenters. The Morgan fingerprint density at radius 2 is 2.31 bits per heavy atom. The highest BCUT2D eigenvalue weighted by Gasteiger charge is 2.05. The fraction of sp³-hybridized carbons (Fsp3) is 0.625. The maximum Gasteiger partial charge on any atom is 0.307 e. The number of nitrogens with one attached hydrogen (secondary N) is 1. The summed E-state index contributed by atoms with van der Waals surface area (Å²) in [6, 6.07) is 0. The summed E-state index contributed by atoms with van der Waals surface area (Å²) >= 11 is 0. The van der Waals surface area contributed by atoms with Crippen molar-refractivity contribution >= 4 is 11.9 Å². The standard InChI is InChI=1S/C8H13N5O3/c1-2-16-8(15)3-4-9-7(14)5-13-6-10-11-12-13/h6H,2-5H2,1H3,(H,9,14). The molecule has 0 aliphatic rings. The number of amides is 1. The lowest BCUT2D eigenvalue weighted by Gasteiger charge is -2.04. The van der Waals surface area contributed by atoms with Gasteiger partial charge in [-0.2, -0.15) is 0 Å². The van der Waals surface area contributed by atoms with Gasteiger partial charge in [0.15, 0.2) is 0 Å². The highest BCUT2D eigenvalue weighted by molar-refractivity contribution is 5.76. The first kappa shape index (κ1) is 12.1. The minimum absolute atomic E-state index is 0.0375. The molecule has 0 saturated heterocycles. The summed E-state index contributed by atoms with van der Waals surface area (Å²) in [6.45, 7) is 2.36. The van der Waals surface area contributed by atoms with Gasteiger partial charge in [-0.15, -0.1) is 5.10 Å². The molecule has 0 saturated carbocycles. The lowest BCUT2D eigenvalue weighted by molar-refractivity contribution is -0.143. The molecule has 1 heterocycles. The van der Waals surface area contributed by atoms with Gasteiger partial charge in [0.25, 0.3) is 0 Å². The molecule has 0 aliphatic heterocycles. The van der Waals surface area contributed by atoms with E-state index in [0.717, 1.165) is 0 Å². The maximum atomic E-state index is 11.3. The van der Waals surface area contributed by atoms with Gasteiger partial charge in [0.2, 0.25) is 5.91 Å². The predicted molar refractivity (Wildman–Crippen MR) is 52.1 cm³/mol. The molecule has 1 N–H and O–H groups in total. The van der Waals surface area contributed by atoms with Crippen LogP contribution in [-0.2, 0) is 20.9 Å². The Morgan fingerprint density at radius 3 is 2.94 bits per heavy atom. The molecule has 1 rings (SSSR count). The molecule has 88 valence electrons. The zero-order valence-corrected chi connectivity index (χ0v) is 8.92. The van der Waals surface area contributed by atoms with Crippen LogP contribution in [0.4, 0.5) is 0 Å². The third-order valence-electron chi connectivity index (χ3n) is 1.65. The van der Waals surface area contributed by atoms with Crippen molar-refractivity contribution in [2.24, 2.45) is 0 Å². The molecule has 0 aromatic carbocycles. The van der Waals surface area contributed by atoms with Gasteiger partial charge in [-0.05, 0) is 17.4 Å². The number of aromatic nitrogens is 4. The van der Waals surface area contributed by atoms with Crippen LogP contribution in [0.25, 0.3) is 0 Å². The zero-order valence-electron chi connectivity index (χ0n) is 8.92. The molecule has 0 atom stereocenters. The van der Waals surface area contributed by atoms with E-state index in [2.05, 4.69) is 20.8 Å². The second-order valence-electron chi connectivity index (χ2n) is 2.91. The van der Waals surface area contributed by atoms with Gasteiger partial charge in [0, 0.05) is 6.54 Å². The van der Waals surface area contributed by atoms with Crippen molar-refractivity contribution in [3.05, 3.63) is 6.33 Å². The van der Waals surface area contributed by atoms with E-state index < -0.39 is 0 Å². The molecule has 16 heavy (non-hydrogen) atoms. The van der Waals surface area contributed by atoms with E-state index in [1.54, 1.807) is 6.92 Å². The summed E-state index contributed by atoms with van der Waals surface area (Å²) in [5.41, 5.74) is 0. The quantitative estimate of drug-likeness (QED) is 0.609. The predicted octanol–water partition coefficient (Wildman–Crippen LogP) is -1.26. The van der Waals surface area contributed by atoms with E-state index >= 15 is 0 Å². The van der Waals surface area contributed by atoms with Gasteiger partial charge in [0.05, 0.1) is 13.0 Å². The molecule has 1 aromatic rings. The minimum Gasteiger partial charge on any atom is -0.466 e. The van der Waals surface area contributed by atoms with E-state index in [-0.39, 0.29) is 31.4 Å². The Balaban J connectivity index is 2.13. The first-order valence-electron chi connectivity index (χ1n) is 4.85. The molecule has 8 heteroatoms. The summed E-state index contributed by atoms with van der Waals surface area (Å²) in [5.74, 6) is -0.582. The number of nitrogens with zero attached hydrogens (tertiary/aromatic N) is 4. The van der Waals surface area contributed by atoms with Crippen molar-refractivity contribution in [2.75, 3.05) is 13.2 Å². The van der Waals surface area contributed by atoms with Crippen molar-refractivity contribution in [3.8, 4) is 0 Å². The van der Waals surface area contributed by atoms with Crippen LogP contribution in [0.1, 0.15) is 13.3 Å². The van der Waals surface area contributed by atoms with E-state index in [0.29, 0.717) is 6.61 Å². The summed E-state index contributed by atoms with van der Waals surface area (Å²) in [4.78, 5) is 22.2. The van der Waals surface area contributed by atoms with E-state index in [1.165, 1.54) is 11.0 Å². The van der Waals surface area contributed by atoms with E-state index in [4.69, 9.17) is 4.74 Å². The van der Waals surface area contributed by atoms with Gasteiger partial charge in [-0.3, -0.25) is 9.59 Å². The third-order valence-corrected chi connectivity index (χ3v) is 1.65. The normalized spacial score (nSPS) is 9.81. The summed E-state index contributed by atoms with van der Waals surface area (Å²) in [5, 5.41) is 12.9. The number of rotatable bonds is 6. The summed E-state index contributed by atoms with van der Waals surface area (Å²) in [6.07, 6.45) is 1.50. The molecule has 1 aromatic heterocycles. The lowest BCUT2D eigenvalue weighted by atomic mass is 10.4. The van der Waals surface area contributed by atoms with Crippen molar-refractivity contribution in [2.45, 2.75) is 19.9 Å². The number of carbonyl (C=O) groups excluding carboxylic acids is 2. The first-order valence-corrected chi connectivity index (χ1v) is 4.85. The van der Waals surface area contributed by atoms with Gasteiger partial charge in [0.1, 0.15) is 12.9 Å². The van der Waals surface area contributed by atoms with Gasteiger partial charge in [-0.25, -0.2) is 4.68 Å². The van der Waals surface area contributed by atoms with Crippen LogP contribution in [0, 0.1) is 0 Å². The zero-order chi connectivity index (χ0) is 11.8. The van der Waals surface area contributed by atoms with Crippen molar-refractivity contribution in [1.82, 2.24) is 25.5 Å². The van der Waals surface area contributed by atoms with Crippen LogP contribution in [0.15, 0.2) is 6.33 Å². The Bertz CT molecular complexity index is 337. The fourth-order valence-corrected chi connectivity index (χ4v) is 0.993. The van der Waals surface area contributed by atoms with E-state index in [1.807, 2.05) is 0 Å². The Morgan fingerprint density at radius 1 is 1.50 bits per heavy atom. The van der Waals surface area contributed by atoms with Crippen LogP contribution < -0.4 is 5.32 Å². The average Bonchev–Trinajstić information content (AvgIpc) is 2.70. The van der Waals surface area contributed by atoms with Crippen LogP contribution in [0.2, 0.25) is 0 Å². The van der Waals surface area contributed by atoms with Crippen molar-refractivity contribution in [3.63, 3.8) is 0 Å². The van der Waals surface area contributed by atoms with Crippen molar-refractivity contribution in [1.29, 1.82) is 0 Å². The van der Waals surface area contributed by atoms with Crippen LogP contribution in [-0.4, -0.2) is 45.2 Å². The summed E-state index contributed by atoms with van der Waals surface area (Å²) < 4.78 is 5.99. The Hall–Kier alpha value is -1.99. The first-order chi connectivity index (χ1) is 7.72.